The number of hydrogen-bond donors (Lipinski definition) is 0. The van der Waals surface area contributed by atoms with Crippen molar-refractivity contribution in [2.45, 2.75) is 290 Å². The predicted octanol–water partition coefficient (Wildman–Crippen LogP) is 12.0. The third-order valence-electron chi connectivity index (χ3n) is 25.8. The zero-order valence-electron chi connectivity index (χ0n) is 71.4. The van der Waals surface area contributed by atoms with E-state index in [9.17, 15) is 0 Å². The maximum atomic E-state index is 6.01. The lowest BCUT2D eigenvalue weighted by molar-refractivity contribution is -0.172. The highest BCUT2D eigenvalue weighted by Crippen LogP contribution is 2.38. The molecule has 2 aromatic carbocycles. The molecule has 14 heterocycles. The number of likely N-dealkylation sites (tertiary alicyclic amines) is 7. The lowest BCUT2D eigenvalue weighted by atomic mass is 9.88. The van der Waals surface area contributed by atoms with Crippen molar-refractivity contribution in [3.63, 3.8) is 0 Å². The molecule has 18 heteroatoms. The highest BCUT2D eigenvalue weighted by Gasteiger charge is 2.48. The molecule has 0 radical (unpaired) electrons. The molecule has 14 aliphatic heterocycles. The van der Waals surface area contributed by atoms with Gasteiger partial charge in [-0.05, 0) is 202 Å². The first-order valence-corrected chi connectivity index (χ1v) is 42.2. The van der Waals surface area contributed by atoms with Crippen molar-refractivity contribution in [2.75, 3.05) is 178 Å². The minimum atomic E-state index is 0.235. The molecule has 0 N–H and O–H groups in total. The number of fused-ring (bicyclic) bond motifs is 7. The number of likely N-dealkylation sites (N-methyl/N-ethyl adjacent to an activating group) is 1. The van der Waals surface area contributed by atoms with Gasteiger partial charge in [-0.3, -0.25) is 49.0 Å². The van der Waals surface area contributed by atoms with Crippen LogP contribution in [0, 0.1) is 23.7 Å². The number of nitrogens with zero attached hydrogens (tertiary/aromatic N) is 10. The number of ether oxygens (including phenoxy) is 8. The van der Waals surface area contributed by atoms with E-state index in [4.69, 9.17) is 37.9 Å². The minimum Gasteiger partial charge on any atom is -0.381 e. The average Bonchev–Trinajstić information content (AvgIpc) is 1.83. The van der Waals surface area contributed by atoms with Gasteiger partial charge in [0.15, 0.2) is 0 Å². The van der Waals surface area contributed by atoms with Gasteiger partial charge < -0.3 is 37.9 Å². The van der Waals surface area contributed by atoms with Crippen LogP contribution in [0.4, 0.5) is 0 Å². The summed E-state index contributed by atoms with van der Waals surface area (Å²) in [6.07, 6.45) is 8.65. The number of hydrogen-bond acceptors (Lipinski definition) is 18. The lowest BCUT2D eigenvalue weighted by Crippen LogP contribution is -2.58. The maximum absolute atomic E-state index is 6.01. The second-order valence-electron chi connectivity index (χ2n) is 40.7. The Bertz CT molecular complexity index is 2730. The summed E-state index contributed by atoms with van der Waals surface area (Å²) in [6.45, 7) is 77.6. The van der Waals surface area contributed by atoms with E-state index in [-0.39, 0.29) is 22.2 Å². The molecule has 0 amide bonds. The van der Waals surface area contributed by atoms with Gasteiger partial charge in [0.25, 0.3) is 0 Å². The molecule has 14 saturated heterocycles. The van der Waals surface area contributed by atoms with Crippen LogP contribution >= 0.6 is 0 Å². The van der Waals surface area contributed by atoms with Gasteiger partial charge in [0.2, 0.25) is 0 Å². The van der Waals surface area contributed by atoms with Crippen molar-refractivity contribution >= 4 is 0 Å². The first-order valence-electron chi connectivity index (χ1n) is 42.2. The van der Waals surface area contributed by atoms with Crippen molar-refractivity contribution in [3.8, 4) is 0 Å². The molecule has 606 valence electrons. The molecule has 4 unspecified atom stereocenters. The zero-order valence-corrected chi connectivity index (χ0v) is 71.4. The third kappa shape index (κ3) is 24.1. The van der Waals surface area contributed by atoms with Crippen LogP contribution in [0.5, 0.6) is 0 Å². The van der Waals surface area contributed by atoms with Crippen LogP contribution in [-0.4, -0.2) is 326 Å². The smallest absolute Gasteiger partial charge is 0.0964 e. The van der Waals surface area contributed by atoms with E-state index in [0.29, 0.717) is 77.4 Å². The molecular formula is C88H156N10O8. The van der Waals surface area contributed by atoms with Crippen LogP contribution in [-0.2, 0) is 51.0 Å². The topological polar surface area (TPSA) is 106 Å². The van der Waals surface area contributed by atoms with Gasteiger partial charge in [0.1, 0.15) is 0 Å². The number of piperidine rings is 2. The molecule has 2 aromatic rings. The summed E-state index contributed by atoms with van der Waals surface area (Å²) in [7, 11) is 2.21. The molecule has 14 aliphatic rings. The second kappa shape index (κ2) is 37.3. The van der Waals surface area contributed by atoms with Gasteiger partial charge in [0, 0.05) is 192 Å². The Kier molecular flexibility index (Phi) is 30.3. The zero-order chi connectivity index (χ0) is 76.6. The predicted molar refractivity (Wildman–Crippen MR) is 433 cm³/mol. The van der Waals surface area contributed by atoms with Crippen molar-refractivity contribution in [1.82, 2.24) is 49.0 Å². The summed E-state index contributed by atoms with van der Waals surface area (Å²) in [4.78, 5) is 25.6. The lowest BCUT2D eigenvalue weighted by Gasteiger charge is -2.49. The Labute approximate surface area is 647 Å². The first kappa shape index (κ1) is 86.1. The summed E-state index contributed by atoms with van der Waals surface area (Å²) in [5.41, 5.74) is 4.83. The van der Waals surface area contributed by atoms with Crippen molar-refractivity contribution < 1.29 is 37.9 Å². The fourth-order valence-corrected chi connectivity index (χ4v) is 18.7. The average molecular weight is 1480 g/mol. The first-order chi connectivity index (χ1) is 49.9. The molecule has 14 fully saturated rings. The molecule has 16 rings (SSSR count). The summed E-state index contributed by atoms with van der Waals surface area (Å²) < 4.78 is 46.0. The fourth-order valence-electron chi connectivity index (χ4n) is 18.7. The summed E-state index contributed by atoms with van der Waals surface area (Å²) in [5, 5.41) is 0. The Morgan fingerprint density at radius 3 is 1.06 bits per heavy atom. The highest BCUT2D eigenvalue weighted by molar-refractivity contribution is 5.17. The minimum absolute atomic E-state index is 0.235. The van der Waals surface area contributed by atoms with E-state index in [1.807, 2.05) is 0 Å². The number of morpholine rings is 3. The molecule has 106 heavy (non-hydrogen) atoms. The Morgan fingerprint density at radius 1 is 0.292 bits per heavy atom. The quantitative estimate of drug-likeness (QED) is 0.290. The van der Waals surface area contributed by atoms with Crippen LogP contribution in [0.1, 0.15) is 189 Å². The van der Waals surface area contributed by atoms with E-state index >= 15 is 0 Å². The molecular weight excluding hydrogens is 1330 g/mol. The summed E-state index contributed by atoms with van der Waals surface area (Å²) in [6, 6.07) is 24.0. The van der Waals surface area contributed by atoms with E-state index in [0.717, 1.165) is 181 Å². The van der Waals surface area contributed by atoms with Gasteiger partial charge >= 0.3 is 0 Å². The largest absolute Gasteiger partial charge is 0.381 e. The van der Waals surface area contributed by atoms with Crippen molar-refractivity contribution in [2.24, 2.45) is 23.7 Å². The highest BCUT2D eigenvalue weighted by atomic mass is 16.6. The van der Waals surface area contributed by atoms with Crippen molar-refractivity contribution in [1.29, 1.82) is 0 Å². The van der Waals surface area contributed by atoms with Crippen LogP contribution in [0.25, 0.3) is 0 Å². The van der Waals surface area contributed by atoms with Gasteiger partial charge in [-0.1, -0.05) is 60.7 Å². The molecule has 0 bridgehead atoms. The molecule has 14 atom stereocenters. The van der Waals surface area contributed by atoms with E-state index in [1.165, 1.54) is 69.5 Å². The standard InChI is InChI=1S/2C17H26N2O.C12H23NO.C11H22N2O.C11H21NO2.2C10H19NO/c2*1-17(2,3)19-12-15-16(13-19)20-10-9-18(15)11-14-7-5-4-6-8-14;1-12(2,3)13-8-4-7-11-10(13)6-5-9-14-11;1-11(2,3)13-7-9-10(8-13)14-6-5-12(9)4;1-11(2,3)12-5-4-9-10(8-12)14-7-6-13-9;2*1-10(2,3)11-4-8-6-12-7-9(8)5-11/h2*4-8,15-16H,9-13H2,1-3H3;10-11H,4-9H2,1-3H3;9-10H,5-8H2,1-4H3;9-10H,4-8H2,1-3H3;2*8-9H,4-7H2,1-3H3/t15-,16+;15-,16-;;9-,10-;;8-,9+;8-,9-/m01.1..0/s1. The molecule has 0 aliphatic carbocycles. The molecule has 0 spiro atoms. The summed E-state index contributed by atoms with van der Waals surface area (Å²) >= 11 is 0. The van der Waals surface area contributed by atoms with Gasteiger partial charge in [-0.15, -0.1) is 0 Å². The van der Waals surface area contributed by atoms with Crippen LogP contribution < -0.4 is 0 Å². The van der Waals surface area contributed by atoms with Crippen molar-refractivity contribution in [3.05, 3.63) is 71.8 Å². The fraction of sp³-hybridized carbons (Fsp3) is 0.864. The Morgan fingerprint density at radius 2 is 0.651 bits per heavy atom. The second-order valence-corrected chi connectivity index (χ2v) is 40.7. The Hall–Kier alpha value is -2.28. The molecule has 18 nitrogen and oxygen atoms in total. The normalized spacial score (nSPS) is 33.3. The van der Waals surface area contributed by atoms with Gasteiger partial charge in [0.05, 0.1) is 108 Å². The monoisotopic (exact) mass is 1480 g/mol. The van der Waals surface area contributed by atoms with E-state index < -0.39 is 0 Å². The SMILES string of the molecule is CC(C)(C)N1CCC2OCCOC2C1.CC(C)(C)N1CCCC2OCCCC21.CC(C)(C)N1C[C@@H]2[C@@H](C1)OCCN2Cc1ccccc1.CC(C)(C)N1C[C@H]2COC[C@@H]2C1.CC(C)(C)N1C[C@H]2COC[C@H]2C1.CC(C)(C)N1C[C@H]2OCCN(Cc3ccccc3)[C@H]2C1.CN1CCO[C@@H]2CN(C(C)(C)C)C[C@H]21. The third-order valence-corrected chi connectivity index (χ3v) is 25.8. The van der Waals surface area contributed by atoms with Crippen LogP contribution in [0.2, 0.25) is 0 Å². The number of benzene rings is 2. The van der Waals surface area contributed by atoms with Gasteiger partial charge in [-0.2, -0.15) is 0 Å². The maximum Gasteiger partial charge on any atom is 0.0964 e. The van der Waals surface area contributed by atoms with Crippen LogP contribution in [0.3, 0.4) is 0 Å². The molecule has 0 aromatic heterocycles. The number of rotatable bonds is 4. The van der Waals surface area contributed by atoms with Crippen LogP contribution in [0.15, 0.2) is 60.7 Å². The Balaban J connectivity index is 0.000000134. The van der Waals surface area contributed by atoms with E-state index in [2.05, 4.69) is 262 Å². The van der Waals surface area contributed by atoms with E-state index in [1.54, 1.807) is 0 Å². The molecule has 0 saturated carbocycles. The van der Waals surface area contributed by atoms with Gasteiger partial charge in [-0.25, -0.2) is 0 Å². The summed E-state index contributed by atoms with van der Waals surface area (Å²) in [5.74, 6) is 3.29.